The summed E-state index contributed by atoms with van der Waals surface area (Å²) in [5, 5.41) is 0. The Morgan fingerprint density at radius 3 is 2.79 bits per heavy atom. The average Bonchev–Trinajstić information content (AvgIpc) is 2.95. The number of ether oxygens (including phenoxy) is 1. The Morgan fingerprint density at radius 1 is 1.53 bits per heavy atom. The van der Waals surface area contributed by atoms with Crippen LogP contribution >= 0.6 is 0 Å². The molecule has 2 atom stereocenters. The molecule has 0 bridgehead atoms. The van der Waals surface area contributed by atoms with Crippen LogP contribution < -0.4 is 5.73 Å². The molecule has 1 aliphatic heterocycles. The van der Waals surface area contributed by atoms with Crippen molar-refractivity contribution in [3.8, 4) is 0 Å². The number of likely N-dealkylation sites (tertiary alicyclic amines) is 1. The second-order valence-electron chi connectivity index (χ2n) is 6.00. The van der Waals surface area contributed by atoms with Crippen molar-refractivity contribution in [2.75, 3.05) is 19.6 Å². The third kappa shape index (κ3) is 3.29. The van der Waals surface area contributed by atoms with Crippen molar-refractivity contribution < 1.29 is 13.9 Å². The van der Waals surface area contributed by atoms with Crippen LogP contribution in [-0.4, -0.2) is 36.2 Å². The Bertz CT molecular complexity index is 422. The van der Waals surface area contributed by atoms with Crippen LogP contribution in [0.3, 0.4) is 0 Å². The van der Waals surface area contributed by atoms with E-state index < -0.39 is 5.60 Å². The van der Waals surface area contributed by atoms with Gasteiger partial charge in [0, 0.05) is 24.9 Å². The molecule has 106 valence electrons. The van der Waals surface area contributed by atoms with E-state index in [9.17, 15) is 4.79 Å². The Kier molecular flexibility index (Phi) is 3.85. The molecule has 1 aliphatic rings. The highest BCUT2D eigenvalue weighted by molar-refractivity contribution is 5.68. The molecule has 2 unspecified atom stereocenters. The largest absolute Gasteiger partial charge is 0.469 e. The molecule has 2 heterocycles. The predicted molar refractivity (Wildman–Crippen MR) is 71.8 cm³/mol. The van der Waals surface area contributed by atoms with Gasteiger partial charge in [0.2, 0.25) is 0 Å². The Hall–Kier alpha value is -1.49. The molecule has 1 fully saturated rings. The number of carbonyl (C=O) groups excluding carboxylic acids is 1. The highest BCUT2D eigenvalue weighted by atomic mass is 16.6. The summed E-state index contributed by atoms with van der Waals surface area (Å²) in [6, 6.07) is 3.80. The van der Waals surface area contributed by atoms with Gasteiger partial charge in [-0.25, -0.2) is 4.79 Å². The number of nitrogens with two attached hydrogens (primary N) is 1. The second-order valence-corrected chi connectivity index (χ2v) is 6.00. The molecule has 1 aromatic rings. The Balaban J connectivity index is 2.05. The van der Waals surface area contributed by atoms with Crippen molar-refractivity contribution >= 4 is 6.09 Å². The van der Waals surface area contributed by atoms with Gasteiger partial charge in [-0.2, -0.15) is 0 Å². The number of nitrogens with zero attached hydrogens (tertiary/aromatic N) is 1. The minimum Gasteiger partial charge on any atom is -0.469 e. The van der Waals surface area contributed by atoms with Crippen molar-refractivity contribution in [3.63, 3.8) is 0 Å². The molecule has 2 rings (SSSR count). The lowest BCUT2D eigenvalue weighted by molar-refractivity contribution is 0.0287. The maximum Gasteiger partial charge on any atom is 0.410 e. The molecular formula is C14H22N2O3. The van der Waals surface area contributed by atoms with Crippen LogP contribution in [0.1, 0.15) is 32.4 Å². The topological polar surface area (TPSA) is 68.7 Å². The van der Waals surface area contributed by atoms with E-state index in [1.165, 1.54) is 0 Å². The van der Waals surface area contributed by atoms with Crippen LogP contribution in [0.5, 0.6) is 0 Å². The highest BCUT2D eigenvalue weighted by Gasteiger charge is 2.38. The van der Waals surface area contributed by atoms with Crippen LogP contribution in [0.2, 0.25) is 0 Å². The van der Waals surface area contributed by atoms with Crippen molar-refractivity contribution in [2.45, 2.75) is 32.3 Å². The summed E-state index contributed by atoms with van der Waals surface area (Å²) >= 11 is 0. The zero-order chi connectivity index (χ0) is 14.0. The average molecular weight is 266 g/mol. The Morgan fingerprint density at radius 2 is 2.26 bits per heavy atom. The molecule has 1 aromatic heterocycles. The molecule has 0 radical (unpaired) electrons. The van der Waals surface area contributed by atoms with Crippen molar-refractivity contribution in [2.24, 2.45) is 11.7 Å². The molecule has 5 heteroatoms. The first-order chi connectivity index (χ1) is 8.90. The Labute approximate surface area is 113 Å². The van der Waals surface area contributed by atoms with E-state index in [0.717, 1.165) is 5.76 Å². The quantitative estimate of drug-likeness (QED) is 0.891. The number of furan rings is 1. The van der Waals surface area contributed by atoms with Gasteiger partial charge in [0.15, 0.2) is 0 Å². The summed E-state index contributed by atoms with van der Waals surface area (Å²) in [4.78, 5) is 13.8. The fraction of sp³-hybridized carbons (Fsp3) is 0.643. The van der Waals surface area contributed by atoms with Gasteiger partial charge in [-0.1, -0.05) is 0 Å². The van der Waals surface area contributed by atoms with Crippen LogP contribution in [-0.2, 0) is 4.74 Å². The van der Waals surface area contributed by atoms with Crippen LogP contribution in [0.15, 0.2) is 22.8 Å². The van der Waals surface area contributed by atoms with E-state index in [4.69, 9.17) is 14.9 Å². The predicted octanol–water partition coefficient (Wildman–Crippen LogP) is 2.19. The van der Waals surface area contributed by atoms with E-state index in [2.05, 4.69) is 0 Å². The monoisotopic (exact) mass is 266 g/mol. The standard InChI is InChI=1S/C14H22N2O3/c1-14(2,3)19-13(17)16-8-10(7-15)11(9-16)12-5-4-6-18-12/h4-6,10-11H,7-9,15H2,1-3H3. The molecule has 5 nitrogen and oxygen atoms in total. The lowest BCUT2D eigenvalue weighted by Crippen LogP contribution is -2.35. The number of amides is 1. The number of carbonyl (C=O) groups is 1. The molecular weight excluding hydrogens is 244 g/mol. The molecule has 0 saturated carbocycles. The van der Waals surface area contributed by atoms with Gasteiger partial charge in [0.1, 0.15) is 11.4 Å². The highest BCUT2D eigenvalue weighted by Crippen LogP contribution is 2.33. The molecule has 1 saturated heterocycles. The molecule has 2 N–H and O–H groups in total. The van der Waals surface area contributed by atoms with E-state index in [1.807, 2.05) is 32.9 Å². The minimum absolute atomic E-state index is 0.160. The van der Waals surface area contributed by atoms with Gasteiger partial charge < -0.3 is 19.8 Å². The summed E-state index contributed by atoms with van der Waals surface area (Å²) in [6.45, 7) is 7.36. The third-order valence-electron chi connectivity index (χ3n) is 3.30. The number of rotatable bonds is 2. The van der Waals surface area contributed by atoms with Gasteiger partial charge in [0.25, 0.3) is 0 Å². The zero-order valence-corrected chi connectivity index (χ0v) is 11.8. The van der Waals surface area contributed by atoms with Crippen molar-refractivity contribution in [1.82, 2.24) is 4.90 Å². The first-order valence-electron chi connectivity index (χ1n) is 6.62. The number of hydrogen-bond donors (Lipinski definition) is 1. The normalized spacial score (nSPS) is 23.7. The molecule has 1 amide bonds. The lowest BCUT2D eigenvalue weighted by Gasteiger charge is -2.24. The van der Waals surface area contributed by atoms with Crippen molar-refractivity contribution in [3.05, 3.63) is 24.2 Å². The van der Waals surface area contributed by atoms with E-state index >= 15 is 0 Å². The van der Waals surface area contributed by atoms with Crippen LogP contribution in [0.4, 0.5) is 4.79 Å². The maximum absolute atomic E-state index is 12.1. The van der Waals surface area contributed by atoms with Gasteiger partial charge in [0.05, 0.1) is 6.26 Å². The molecule has 19 heavy (non-hydrogen) atoms. The maximum atomic E-state index is 12.1. The van der Waals surface area contributed by atoms with Crippen molar-refractivity contribution in [1.29, 1.82) is 0 Å². The fourth-order valence-electron chi connectivity index (χ4n) is 2.41. The fourth-order valence-corrected chi connectivity index (χ4v) is 2.41. The smallest absolute Gasteiger partial charge is 0.410 e. The minimum atomic E-state index is -0.474. The first-order valence-corrected chi connectivity index (χ1v) is 6.62. The molecule has 0 aromatic carbocycles. The third-order valence-corrected chi connectivity index (χ3v) is 3.30. The van der Waals surface area contributed by atoms with E-state index in [-0.39, 0.29) is 17.9 Å². The SMILES string of the molecule is CC(C)(C)OC(=O)N1CC(CN)C(c2ccco2)C1. The molecule has 0 spiro atoms. The van der Waals surface area contributed by atoms with Crippen LogP contribution in [0.25, 0.3) is 0 Å². The molecule has 0 aliphatic carbocycles. The summed E-state index contributed by atoms with van der Waals surface area (Å²) in [6.07, 6.45) is 1.37. The zero-order valence-electron chi connectivity index (χ0n) is 11.8. The summed E-state index contributed by atoms with van der Waals surface area (Å²) < 4.78 is 10.8. The second kappa shape index (κ2) is 5.25. The summed E-state index contributed by atoms with van der Waals surface area (Å²) in [7, 11) is 0. The summed E-state index contributed by atoms with van der Waals surface area (Å²) in [5.41, 5.74) is 5.33. The van der Waals surface area contributed by atoms with Gasteiger partial charge in [-0.15, -0.1) is 0 Å². The van der Waals surface area contributed by atoms with Gasteiger partial charge in [-0.05, 0) is 39.4 Å². The van der Waals surface area contributed by atoms with E-state index in [0.29, 0.717) is 19.6 Å². The van der Waals surface area contributed by atoms with E-state index in [1.54, 1.807) is 11.2 Å². The van der Waals surface area contributed by atoms with Crippen LogP contribution in [0, 0.1) is 5.92 Å². The lowest BCUT2D eigenvalue weighted by atomic mass is 9.94. The first kappa shape index (κ1) is 13.9. The number of hydrogen-bond acceptors (Lipinski definition) is 4. The summed E-state index contributed by atoms with van der Waals surface area (Å²) in [5.74, 6) is 1.27. The van der Waals surface area contributed by atoms with Gasteiger partial charge >= 0.3 is 6.09 Å². The van der Waals surface area contributed by atoms with Gasteiger partial charge in [-0.3, -0.25) is 0 Å².